The summed E-state index contributed by atoms with van der Waals surface area (Å²) in [7, 11) is -2.55. The van der Waals surface area contributed by atoms with Gasteiger partial charge in [0.2, 0.25) is 21.8 Å². The van der Waals surface area contributed by atoms with Crippen LogP contribution in [0.5, 0.6) is 5.75 Å². The molecule has 0 fully saturated rings. The number of halogens is 2. The van der Waals surface area contributed by atoms with Gasteiger partial charge < -0.3 is 15.0 Å². The standard InChI is InChI=1S/C25H33Cl2N3O5S/c1-7-20(24(32)28-25(2,3)4)29(15-17-10-8-9-11-19(17)27)23(31)16-30(36(6,33)34)21-14-18(26)12-13-22(21)35-5/h8-14,20H,7,15-16H2,1-6H3,(H,28,32)/t20-/m0/s1. The van der Waals surface area contributed by atoms with Crippen LogP contribution in [0.3, 0.4) is 0 Å². The van der Waals surface area contributed by atoms with Gasteiger partial charge in [0.05, 0.1) is 19.1 Å². The molecule has 2 rings (SSSR count). The lowest BCUT2D eigenvalue weighted by Crippen LogP contribution is -2.55. The van der Waals surface area contributed by atoms with Crippen LogP contribution in [0.25, 0.3) is 0 Å². The molecule has 0 heterocycles. The topological polar surface area (TPSA) is 96.0 Å². The number of ether oxygens (including phenoxy) is 1. The van der Waals surface area contributed by atoms with Gasteiger partial charge in [-0.15, -0.1) is 0 Å². The summed E-state index contributed by atoms with van der Waals surface area (Å²) in [6, 6.07) is 10.6. The highest BCUT2D eigenvalue weighted by Gasteiger charge is 2.34. The molecule has 11 heteroatoms. The minimum absolute atomic E-state index is 0.0128. The molecule has 0 radical (unpaired) electrons. The van der Waals surface area contributed by atoms with Gasteiger partial charge in [0, 0.05) is 22.1 Å². The zero-order chi connectivity index (χ0) is 27.3. The number of rotatable bonds is 10. The van der Waals surface area contributed by atoms with Crippen LogP contribution in [-0.2, 0) is 26.2 Å². The molecule has 0 aliphatic heterocycles. The first kappa shape index (κ1) is 29.7. The maximum Gasteiger partial charge on any atom is 0.244 e. The number of nitrogens with one attached hydrogen (secondary N) is 1. The molecule has 1 N–H and O–H groups in total. The van der Waals surface area contributed by atoms with E-state index in [9.17, 15) is 18.0 Å². The fourth-order valence-electron chi connectivity index (χ4n) is 3.64. The van der Waals surface area contributed by atoms with Crippen LogP contribution in [0, 0.1) is 0 Å². The molecule has 8 nitrogen and oxygen atoms in total. The summed E-state index contributed by atoms with van der Waals surface area (Å²) in [5, 5.41) is 3.61. The molecule has 0 saturated heterocycles. The monoisotopic (exact) mass is 557 g/mol. The Morgan fingerprint density at radius 1 is 1.11 bits per heavy atom. The molecule has 0 saturated carbocycles. The summed E-state index contributed by atoms with van der Waals surface area (Å²) in [4.78, 5) is 28.3. The lowest BCUT2D eigenvalue weighted by Gasteiger charge is -2.34. The van der Waals surface area contributed by atoms with E-state index in [4.69, 9.17) is 27.9 Å². The highest BCUT2D eigenvalue weighted by molar-refractivity contribution is 7.92. The Kier molecular flexibility index (Phi) is 10.0. The number of amides is 2. The first-order valence-electron chi connectivity index (χ1n) is 11.3. The molecule has 2 aromatic rings. The average molecular weight is 559 g/mol. The van der Waals surface area contributed by atoms with Crippen molar-refractivity contribution in [3.8, 4) is 5.75 Å². The SMILES string of the molecule is CC[C@@H](C(=O)NC(C)(C)C)N(Cc1ccccc1Cl)C(=O)CN(c1cc(Cl)ccc1OC)S(C)(=O)=O. The van der Waals surface area contributed by atoms with Gasteiger partial charge in [0.25, 0.3) is 0 Å². The molecule has 0 spiro atoms. The van der Waals surface area contributed by atoms with Crippen molar-refractivity contribution < 1.29 is 22.7 Å². The Morgan fingerprint density at radius 3 is 2.28 bits per heavy atom. The number of carbonyl (C=O) groups is 2. The van der Waals surface area contributed by atoms with Gasteiger partial charge in [-0.25, -0.2) is 8.42 Å². The molecule has 0 aliphatic carbocycles. The van der Waals surface area contributed by atoms with Crippen molar-refractivity contribution in [2.24, 2.45) is 0 Å². The number of anilines is 1. The van der Waals surface area contributed by atoms with Crippen LogP contribution < -0.4 is 14.4 Å². The highest BCUT2D eigenvalue weighted by Crippen LogP contribution is 2.33. The van der Waals surface area contributed by atoms with E-state index in [2.05, 4.69) is 5.32 Å². The van der Waals surface area contributed by atoms with Crippen molar-refractivity contribution >= 4 is 50.7 Å². The summed E-state index contributed by atoms with van der Waals surface area (Å²) in [5.74, 6) is -0.706. The minimum Gasteiger partial charge on any atom is -0.495 e. The number of methoxy groups -OCH3 is 1. The number of sulfonamides is 1. The first-order chi connectivity index (χ1) is 16.7. The van der Waals surface area contributed by atoms with E-state index in [0.29, 0.717) is 17.0 Å². The van der Waals surface area contributed by atoms with E-state index < -0.39 is 34.1 Å². The predicted molar refractivity (Wildman–Crippen MR) is 144 cm³/mol. The third-order valence-corrected chi connectivity index (χ3v) is 7.00. The second-order valence-electron chi connectivity index (χ2n) is 9.36. The van der Waals surface area contributed by atoms with Gasteiger partial charge in [-0.1, -0.05) is 48.3 Å². The zero-order valence-electron chi connectivity index (χ0n) is 21.3. The van der Waals surface area contributed by atoms with Crippen LogP contribution in [0.1, 0.15) is 39.7 Å². The second-order valence-corrected chi connectivity index (χ2v) is 12.1. The zero-order valence-corrected chi connectivity index (χ0v) is 23.7. The van der Waals surface area contributed by atoms with Gasteiger partial charge in [0.1, 0.15) is 18.3 Å². The number of hydrogen-bond acceptors (Lipinski definition) is 5. The Balaban J connectivity index is 2.55. The average Bonchev–Trinajstić information content (AvgIpc) is 2.76. The summed E-state index contributed by atoms with van der Waals surface area (Å²) in [5.41, 5.74) is 0.211. The predicted octanol–water partition coefficient (Wildman–Crippen LogP) is 4.49. The minimum atomic E-state index is -3.94. The summed E-state index contributed by atoms with van der Waals surface area (Å²) < 4.78 is 31.8. The summed E-state index contributed by atoms with van der Waals surface area (Å²) in [6.45, 7) is 6.75. The molecule has 1 atom stereocenters. The Morgan fingerprint density at radius 2 is 1.75 bits per heavy atom. The lowest BCUT2D eigenvalue weighted by molar-refractivity contribution is -0.141. The molecular weight excluding hydrogens is 525 g/mol. The van der Waals surface area contributed by atoms with E-state index in [1.165, 1.54) is 24.1 Å². The van der Waals surface area contributed by atoms with Crippen LogP contribution in [-0.4, -0.2) is 56.6 Å². The molecule has 198 valence electrons. The van der Waals surface area contributed by atoms with Crippen molar-refractivity contribution in [1.82, 2.24) is 10.2 Å². The first-order valence-corrected chi connectivity index (χ1v) is 13.9. The Labute approximate surface area is 223 Å². The van der Waals surface area contributed by atoms with Crippen molar-refractivity contribution in [2.45, 2.75) is 52.2 Å². The Bertz CT molecular complexity index is 1200. The molecule has 0 aliphatic rings. The number of nitrogens with zero attached hydrogens (tertiary/aromatic N) is 2. The van der Waals surface area contributed by atoms with E-state index in [1.807, 2.05) is 20.8 Å². The smallest absolute Gasteiger partial charge is 0.244 e. The Hall–Kier alpha value is -2.49. The molecule has 0 aromatic heterocycles. The van der Waals surface area contributed by atoms with Crippen LogP contribution >= 0.6 is 23.2 Å². The van der Waals surface area contributed by atoms with Gasteiger partial charge >= 0.3 is 0 Å². The number of carbonyl (C=O) groups excluding carboxylic acids is 2. The quantitative estimate of drug-likeness (QED) is 0.464. The van der Waals surface area contributed by atoms with Crippen molar-refractivity contribution in [2.75, 3.05) is 24.2 Å². The third-order valence-electron chi connectivity index (χ3n) is 5.27. The van der Waals surface area contributed by atoms with E-state index in [1.54, 1.807) is 37.3 Å². The fraction of sp³-hybridized carbons (Fsp3) is 0.440. The molecule has 36 heavy (non-hydrogen) atoms. The molecule has 0 bridgehead atoms. The lowest BCUT2D eigenvalue weighted by atomic mass is 10.1. The highest BCUT2D eigenvalue weighted by atomic mass is 35.5. The molecular formula is C25H33Cl2N3O5S. The fourth-order valence-corrected chi connectivity index (χ4v) is 4.84. The third kappa shape index (κ3) is 8.01. The molecule has 2 amide bonds. The number of hydrogen-bond donors (Lipinski definition) is 1. The maximum absolute atomic E-state index is 13.8. The van der Waals surface area contributed by atoms with E-state index in [-0.39, 0.29) is 28.9 Å². The number of benzene rings is 2. The van der Waals surface area contributed by atoms with Crippen molar-refractivity contribution in [1.29, 1.82) is 0 Å². The van der Waals surface area contributed by atoms with Crippen LogP contribution in [0.15, 0.2) is 42.5 Å². The second kappa shape index (κ2) is 12.2. The van der Waals surface area contributed by atoms with Crippen molar-refractivity contribution in [3.63, 3.8) is 0 Å². The van der Waals surface area contributed by atoms with Gasteiger partial charge in [-0.2, -0.15) is 0 Å². The van der Waals surface area contributed by atoms with E-state index in [0.717, 1.165) is 10.6 Å². The van der Waals surface area contributed by atoms with Crippen molar-refractivity contribution in [3.05, 3.63) is 58.1 Å². The van der Waals surface area contributed by atoms with Gasteiger partial charge in [-0.05, 0) is 57.0 Å². The van der Waals surface area contributed by atoms with Crippen LogP contribution in [0.4, 0.5) is 5.69 Å². The van der Waals surface area contributed by atoms with Gasteiger partial charge in [0.15, 0.2) is 0 Å². The van der Waals surface area contributed by atoms with Gasteiger partial charge in [-0.3, -0.25) is 13.9 Å². The largest absolute Gasteiger partial charge is 0.495 e. The van der Waals surface area contributed by atoms with E-state index >= 15 is 0 Å². The maximum atomic E-state index is 13.8. The molecule has 2 aromatic carbocycles. The molecule has 0 unspecified atom stereocenters. The summed E-state index contributed by atoms with van der Waals surface area (Å²) >= 11 is 12.5. The normalized spacial score (nSPS) is 12.6. The summed E-state index contributed by atoms with van der Waals surface area (Å²) in [6.07, 6.45) is 1.29. The van der Waals surface area contributed by atoms with Crippen LogP contribution in [0.2, 0.25) is 10.0 Å².